The summed E-state index contributed by atoms with van der Waals surface area (Å²) in [5, 5.41) is 0. The van der Waals surface area contributed by atoms with Gasteiger partial charge in [-0.3, -0.25) is 0 Å². The third-order valence-corrected chi connectivity index (χ3v) is 4.09. The van der Waals surface area contributed by atoms with Crippen molar-refractivity contribution >= 4 is 0 Å². The first-order valence-electron chi connectivity index (χ1n) is 6.77. The normalized spacial score (nSPS) is 20.4. The number of hydrogen-bond acceptors (Lipinski definition) is 1. The molecule has 0 spiro atoms. The van der Waals surface area contributed by atoms with Crippen LogP contribution < -0.4 is 5.73 Å². The molecule has 2 nitrogen and oxygen atoms in total. The van der Waals surface area contributed by atoms with E-state index >= 15 is 0 Å². The minimum atomic E-state index is 0.234. The van der Waals surface area contributed by atoms with Crippen LogP contribution >= 0.6 is 0 Å². The van der Waals surface area contributed by atoms with Crippen molar-refractivity contribution in [1.29, 1.82) is 0 Å². The van der Waals surface area contributed by atoms with Gasteiger partial charge in [-0.15, -0.1) is 0 Å². The minimum absolute atomic E-state index is 0.234. The zero-order valence-electron chi connectivity index (χ0n) is 10.8. The largest absolute Gasteiger partial charge is 0.344 e. The smallest absolute Gasteiger partial charge is 0.0554 e. The number of nitrogens with zero attached hydrogens (tertiary/aromatic N) is 1. The highest BCUT2D eigenvalue weighted by atomic mass is 15.0. The van der Waals surface area contributed by atoms with Gasteiger partial charge in [-0.1, -0.05) is 30.3 Å². The summed E-state index contributed by atoms with van der Waals surface area (Å²) in [4.78, 5) is 0. The number of hydrogen-bond donors (Lipinski definition) is 1. The first kappa shape index (κ1) is 11.5. The molecule has 1 aromatic heterocycles. The van der Waals surface area contributed by atoms with Crippen LogP contribution in [-0.2, 0) is 6.42 Å². The SMILES string of the molecule is CC(c1ccccc1)n1ccc2c1CCCC2N. The molecule has 2 heteroatoms. The van der Waals surface area contributed by atoms with Crippen molar-refractivity contribution < 1.29 is 0 Å². The van der Waals surface area contributed by atoms with E-state index in [0.29, 0.717) is 6.04 Å². The first-order chi connectivity index (χ1) is 8.77. The molecule has 1 aromatic carbocycles. The van der Waals surface area contributed by atoms with Gasteiger partial charge in [0.25, 0.3) is 0 Å². The highest BCUT2D eigenvalue weighted by molar-refractivity contribution is 5.31. The number of aromatic nitrogens is 1. The summed E-state index contributed by atoms with van der Waals surface area (Å²) in [5.74, 6) is 0. The van der Waals surface area contributed by atoms with Crippen molar-refractivity contribution in [2.24, 2.45) is 5.73 Å². The molecule has 2 N–H and O–H groups in total. The van der Waals surface area contributed by atoms with Gasteiger partial charge in [0, 0.05) is 17.9 Å². The Morgan fingerprint density at radius 1 is 1.22 bits per heavy atom. The molecule has 0 bridgehead atoms. The third-order valence-electron chi connectivity index (χ3n) is 4.09. The Labute approximate surface area is 108 Å². The van der Waals surface area contributed by atoms with Crippen molar-refractivity contribution in [1.82, 2.24) is 4.57 Å². The van der Waals surface area contributed by atoms with Crippen LogP contribution in [0.3, 0.4) is 0 Å². The van der Waals surface area contributed by atoms with E-state index in [0.717, 1.165) is 12.8 Å². The van der Waals surface area contributed by atoms with Crippen LogP contribution in [0.5, 0.6) is 0 Å². The highest BCUT2D eigenvalue weighted by Crippen LogP contribution is 2.32. The maximum Gasteiger partial charge on any atom is 0.0554 e. The van der Waals surface area contributed by atoms with Gasteiger partial charge < -0.3 is 10.3 Å². The predicted octanol–water partition coefficient (Wildman–Crippen LogP) is 3.43. The Bertz CT molecular complexity index is 527. The molecular formula is C16H20N2. The summed E-state index contributed by atoms with van der Waals surface area (Å²) < 4.78 is 2.39. The van der Waals surface area contributed by atoms with E-state index in [-0.39, 0.29) is 6.04 Å². The van der Waals surface area contributed by atoms with E-state index in [1.165, 1.54) is 23.2 Å². The van der Waals surface area contributed by atoms with E-state index in [9.17, 15) is 0 Å². The van der Waals surface area contributed by atoms with Gasteiger partial charge in [0.05, 0.1) is 6.04 Å². The second-order valence-corrected chi connectivity index (χ2v) is 5.21. The quantitative estimate of drug-likeness (QED) is 0.856. The molecule has 18 heavy (non-hydrogen) atoms. The van der Waals surface area contributed by atoms with Crippen LogP contribution in [0.4, 0.5) is 0 Å². The molecule has 0 aliphatic heterocycles. The lowest BCUT2D eigenvalue weighted by Gasteiger charge is -2.24. The number of nitrogens with two attached hydrogens (primary N) is 1. The van der Waals surface area contributed by atoms with Gasteiger partial charge in [0.2, 0.25) is 0 Å². The lowest BCUT2D eigenvalue weighted by atomic mass is 9.93. The van der Waals surface area contributed by atoms with Crippen molar-refractivity contribution in [3.8, 4) is 0 Å². The fraction of sp³-hybridized carbons (Fsp3) is 0.375. The molecule has 0 saturated heterocycles. The molecule has 0 fully saturated rings. The monoisotopic (exact) mass is 240 g/mol. The number of rotatable bonds is 2. The van der Waals surface area contributed by atoms with Crippen LogP contribution in [0.2, 0.25) is 0 Å². The van der Waals surface area contributed by atoms with Crippen molar-refractivity contribution in [3.63, 3.8) is 0 Å². The average molecular weight is 240 g/mol. The summed E-state index contributed by atoms with van der Waals surface area (Å²) in [6, 6.07) is 13.5. The van der Waals surface area contributed by atoms with Gasteiger partial charge in [0.1, 0.15) is 0 Å². The lowest BCUT2D eigenvalue weighted by Crippen LogP contribution is -2.19. The third kappa shape index (κ3) is 1.87. The van der Waals surface area contributed by atoms with Crippen LogP contribution in [0.15, 0.2) is 42.6 Å². The van der Waals surface area contributed by atoms with Gasteiger partial charge in [-0.05, 0) is 43.4 Å². The van der Waals surface area contributed by atoms with E-state index in [1.807, 2.05) is 0 Å². The molecule has 2 atom stereocenters. The molecule has 0 saturated carbocycles. The Balaban J connectivity index is 1.98. The van der Waals surface area contributed by atoms with E-state index in [1.54, 1.807) is 0 Å². The molecule has 0 amide bonds. The standard InChI is InChI=1S/C16H20N2/c1-12(13-6-3-2-4-7-13)18-11-10-14-15(17)8-5-9-16(14)18/h2-4,6-7,10-12,15H,5,8-9,17H2,1H3. The van der Waals surface area contributed by atoms with E-state index in [2.05, 4.69) is 54.1 Å². The molecule has 2 aromatic rings. The molecule has 2 unspecified atom stereocenters. The summed E-state index contributed by atoms with van der Waals surface area (Å²) in [6.07, 6.45) is 5.69. The fourth-order valence-corrected chi connectivity index (χ4v) is 3.01. The maximum atomic E-state index is 6.19. The molecule has 0 radical (unpaired) electrons. The van der Waals surface area contributed by atoms with Gasteiger partial charge in [0.15, 0.2) is 0 Å². The molecule has 1 aliphatic rings. The Hall–Kier alpha value is -1.54. The fourth-order valence-electron chi connectivity index (χ4n) is 3.01. The molecule has 94 valence electrons. The first-order valence-corrected chi connectivity index (χ1v) is 6.77. The summed E-state index contributed by atoms with van der Waals surface area (Å²) in [5.41, 5.74) is 10.3. The zero-order valence-corrected chi connectivity index (χ0v) is 10.8. The van der Waals surface area contributed by atoms with Crippen molar-refractivity contribution in [3.05, 3.63) is 59.4 Å². The van der Waals surface area contributed by atoms with Gasteiger partial charge >= 0.3 is 0 Å². The second-order valence-electron chi connectivity index (χ2n) is 5.21. The van der Waals surface area contributed by atoms with E-state index in [4.69, 9.17) is 5.73 Å². The molecule has 3 rings (SSSR count). The van der Waals surface area contributed by atoms with Gasteiger partial charge in [-0.25, -0.2) is 0 Å². The highest BCUT2D eigenvalue weighted by Gasteiger charge is 2.22. The molecule has 1 aliphatic carbocycles. The predicted molar refractivity (Wildman–Crippen MR) is 74.6 cm³/mol. The molecular weight excluding hydrogens is 220 g/mol. The van der Waals surface area contributed by atoms with Gasteiger partial charge in [-0.2, -0.15) is 0 Å². The number of fused-ring (bicyclic) bond motifs is 1. The maximum absolute atomic E-state index is 6.19. The topological polar surface area (TPSA) is 30.9 Å². The second kappa shape index (κ2) is 4.62. The summed E-state index contributed by atoms with van der Waals surface area (Å²) in [6.45, 7) is 2.26. The zero-order chi connectivity index (χ0) is 12.5. The Morgan fingerprint density at radius 2 is 2.00 bits per heavy atom. The van der Waals surface area contributed by atoms with Crippen LogP contribution in [-0.4, -0.2) is 4.57 Å². The van der Waals surface area contributed by atoms with Crippen LogP contribution in [0.25, 0.3) is 0 Å². The summed E-state index contributed by atoms with van der Waals surface area (Å²) >= 11 is 0. The summed E-state index contributed by atoms with van der Waals surface area (Å²) in [7, 11) is 0. The Morgan fingerprint density at radius 3 is 2.78 bits per heavy atom. The van der Waals surface area contributed by atoms with Crippen LogP contribution in [0, 0.1) is 0 Å². The van der Waals surface area contributed by atoms with Crippen molar-refractivity contribution in [2.45, 2.75) is 38.3 Å². The van der Waals surface area contributed by atoms with E-state index < -0.39 is 0 Å². The number of benzene rings is 1. The Kier molecular flexibility index (Phi) is 2.96. The van der Waals surface area contributed by atoms with Crippen LogP contribution in [0.1, 0.15) is 48.7 Å². The van der Waals surface area contributed by atoms with Crippen molar-refractivity contribution in [2.75, 3.05) is 0 Å². The average Bonchev–Trinajstić information content (AvgIpc) is 2.84. The molecule has 1 heterocycles. The minimum Gasteiger partial charge on any atom is -0.344 e. The lowest BCUT2D eigenvalue weighted by molar-refractivity contribution is 0.525.